The van der Waals surface area contributed by atoms with Crippen molar-refractivity contribution < 1.29 is 10.2 Å². The van der Waals surface area contributed by atoms with Crippen LogP contribution in [0.15, 0.2) is 70.6 Å². The average Bonchev–Trinajstić information content (AvgIpc) is 2.81. The predicted molar refractivity (Wildman–Crippen MR) is 133 cm³/mol. The molecule has 0 radical (unpaired) electrons. The van der Waals surface area contributed by atoms with E-state index in [0.29, 0.717) is 16.1 Å². The van der Waals surface area contributed by atoms with Crippen LogP contribution in [0.5, 0.6) is 11.5 Å². The van der Waals surface area contributed by atoms with Gasteiger partial charge in [0.15, 0.2) is 0 Å². The minimum absolute atomic E-state index is 0.00317. The van der Waals surface area contributed by atoms with Gasteiger partial charge in [0, 0.05) is 34.1 Å². The molecule has 4 nitrogen and oxygen atoms in total. The van der Waals surface area contributed by atoms with Crippen LogP contribution in [0, 0.1) is 0 Å². The SMILES string of the molecule is Oc1c(Cl)cc(Cl)cc1C=N[C@@H]1CCCC[C@H]1N=Cc1cccc(-c2ccccc2)c1O. The summed E-state index contributed by atoms with van der Waals surface area (Å²) in [5.41, 5.74) is 2.91. The molecule has 3 aromatic carbocycles. The molecule has 3 aromatic rings. The van der Waals surface area contributed by atoms with Crippen molar-refractivity contribution in [1.82, 2.24) is 0 Å². The first-order chi connectivity index (χ1) is 15.5. The Morgan fingerprint density at radius 1 is 0.750 bits per heavy atom. The lowest BCUT2D eigenvalue weighted by Gasteiger charge is -2.25. The maximum Gasteiger partial charge on any atom is 0.143 e. The Balaban J connectivity index is 1.56. The Morgan fingerprint density at radius 3 is 2.09 bits per heavy atom. The van der Waals surface area contributed by atoms with Gasteiger partial charge in [-0.1, -0.05) is 78.5 Å². The fourth-order valence-electron chi connectivity index (χ4n) is 3.99. The molecule has 0 aliphatic heterocycles. The lowest BCUT2D eigenvalue weighted by Crippen LogP contribution is -2.27. The van der Waals surface area contributed by atoms with Crippen LogP contribution in [-0.2, 0) is 0 Å². The Kier molecular flexibility index (Phi) is 7.13. The van der Waals surface area contributed by atoms with Crippen molar-refractivity contribution in [3.63, 3.8) is 0 Å². The number of aliphatic imine (C=N–C) groups is 2. The first-order valence-corrected chi connectivity index (χ1v) is 11.4. The van der Waals surface area contributed by atoms with Gasteiger partial charge in [-0.3, -0.25) is 9.98 Å². The van der Waals surface area contributed by atoms with E-state index in [1.165, 1.54) is 6.07 Å². The van der Waals surface area contributed by atoms with Crippen LogP contribution in [-0.4, -0.2) is 34.7 Å². The first kappa shape index (κ1) is 22.4. The maximum absolute atomic E-state index is 10.8. The van der Waals surface area contributed by atoms with Crippen molar-refractivity contribution in [3.05, 3.63) is 81.8 Å². The number of aromatic hydroxyl groups is 2. The largest absolute Gasteiger partial charge is 0.507 e. The fraction of sp³-hybridized carbons (Fsp3) is 0.231. The van der Waals surface area contributed by atoms with Gasteiger partial charge >= 0.3 is 0 Å². The Labute approximate surface area is 197 Å². The lowest BCUT2D eigenvalue weighted by atomic mass is 9.91. The van der Waals surface area contributed by atoms with Crippen molar-refractivity contribution in [2.45, 2.75) is 37.8 Å². The topological polar surface area (TPSA) is 65.2 Å². The zero-order valence-electron chi connectivity index (χ0n) is 17.5. The van der Waals surface area contributed by atoms with Gasteiger partial charge < -0.3 is 10.2 Å². The highest BCUT2D eigenvalue weighted by atomic mass is 35.5. The third-order valence-corrected chi connectivity index (χ3v) is 6.22. The molecule has 0 aromatic heterocycles. The van der Waals surface area contributed by atoms with Crippen LogP contribution in [0.1, 0.15) is 36.8 Å². The summed E-state index contributed by atoms with van der Waals surface area (Å²) >= 11 is 12.1. The zero-order chi connectivity index (χ0) is 22.5. The Hall–Kier alpha value is -2.82. The van der Waals surface area contributed by atoms with E-state index in [4.69, 9.17) is 33.2 Å². The molecule has 2 atom stereocenters. The van der Waals surface area contributed by atoms with E-state index in [1.807, 2.05) is 48.5 Å². The maximum atomic E-state index is 10.8. The Morgan fingerprint density at radius 2 is 1.41 bits per heavy atom. The number of benzene rings is 3. The van der Waals surface area contributed by atoms with E-state index in [1.54, 1.807) is 18.5 Å². The molecule has 32 heavy (non-hydrogen) atoms. The summed E-state index contributed by atoms with van der Waals surface area (Å²) in [6.45, 7) is 0. The molecule has 1 saturated carbocycles. The van der Waals surface area contributed by atoms with Gasteiger partial charge in [0.1, 0.15) is 11.5 Å². The number of halogens is 2. The summed E-state index contributed by atoms with van der Waals surface area (Å²) in [5, 5.41) is 21.6. The summed E-state index contributed by atoms with van der Waals surface area (Å²) < 4.78 is 0. The quantitative estimate of drug-likeness (QED) is 0.400. The number of rotatable bonds is 5. The van der Waals surface area contributed by atoms with Crippen LogP contribution < -0.4 is 0 Å². The molecule has 6 heteroatoms. The Bertz CT molecular complexity index is 1150. The summed E-state index contributed by atoms with van der Waals surface area (Å²) in [7, 11) is 0. The van der Waals surface area contributed by atoms with Crippen LogP contribution >= 0.6 is 23.2 Å². The number of para-hydroxylation sites is 1. The van der Waals surface area contributed by atoms with Gasteiger partial charge in [-0.2, -0.15) is 0 Å². The van der Waals surface area contributed by atoms with Crippen molar-refractivity contribution in [1.29, 1.82) is 0 Å². The molecule has 0 unspecified atom stereocenters. The lowest BCUT2D eigenvalue weighted by molar-refractivity contribution is 0.390. The summed E-state index contributed by atoms with van der Waals surface area (Å²) in [6.07, 6.45) is 7.35. The third kappa shape index (κ3) is 5.14. The molecule has 0 spiro atoms. The van der Waals surface area contributed by atoms with E-state index in [-0.39, 0.29) is 28.6 Å². The zero-order valence-corrected chi connectivity index (χ0v) is 19.0. The molecular formula is C26H24Cl2N2O2. The molecule has 0 heterocycles. The van der Waals surface area contributed by atoms with Crippen LogP contribution in [0.2, 0.25) is 10.0 Å². The second-order valence-electron chi connectivity index (χ2n) is 7.91. The van der Waals surface area contributed by atoms with Crippen molar-refractivity contribution in [3.8, 4) is 22.6 Å². The molecule has 4 rings (SSSR count). The normalized spacial score (nSPS) is 19.1. The number of phenolic OH excluding ortho intramolecular Hbond substituents is 2. The smallest absolute Gasteiger partial charge is 0.143 e. The van der Waals surface area contributed by atoms with Gasteiger partial charge in [0.05, 0.1) is 17.1 Å². The van der Waals surface area contributed by atoms with Crippen molar-refractivity contribution in [2.75, 3.05) is 0 Å². The second kappa shape index (κ2) is 10.2. The van der Waals surface area contributed by atoms with E-state index in [9.17, 15) is 10.2 Å². The second-order valence-corrected chi connectivity index (χ2v) is 8.75. The molecule has 1 fully saturated rings. The number of nitrogens with zero attached hydrogens (tertiary/aromatic N) is 2. The molecular weight excluding hydrogens is 443 g/mol. The molecule has 1 aliphatic carbocycles. The van der Waals surface area contributed by atoms with E-state index >= 15 is 0 Å². The highest BCUT2D eigenvalue weighted by Gasteiger charge is 2.23. The van der Waals surface area contributed by atoms with Crippen molar-refractivity contribution in [2.24, 2.45) is 9.98 Å². The van der Waals surface area contributed by atoms with E-state index in [2.05, 4.69) is 0 Å². The van der Waals surface area contributed by atoms with Gasteiger partial charge in [-0.05, 0) is 36.6 Å². The first-order valence-electron chi connectivity index (χ1n) is 10.6. The molecule has 0 bridgehead atoms. The molecule has 0 saturated heterocycles. The summed E-state index contributed by atoms with van der Waals surface area (Å²) in [4.78, 5) is 9.49. The van der Waals surface area contributed by atoms with Crippen LogP contribution in [0.25, 0.3) is 11.1 Å². The van der Waals surface area contributed by atoms with Gasteiger partial charge in [0.25, 0.3) is 0 Å². The van der Waals surface area contributed by atoms with Crippen LogP contribution in [0.4, 0.5) is 0 Å². The number of hydrogen-bond donors (Lipinski definition) is 2. The number of hydrogen-bond acceptors (Lipinski definition) is 4. The average molecular weight is 467 g/mol. The van der Waals surface area contributed by atoms with Gasteiger partial charge in [0.2, 0.25) is 0 Å². The highest BCUT2D eigenvalue weighted by molar-refractivity contribution is 6.36. The highest BCUT2D eigenvalue weighted by Crippen LogP contribution is 2.33. The minimum atomic E-state index is -0.0293. The molecule has 2 N–H and O–H groups in total. The number of phenols is 2. The minimum Gasteiger partial charge on any atom is -0.507 e. The van der Waals surface area contributed by atoms with E-state index < -0.39 is 0 Å². The molecule has 0 amide bonds. The van der Waals surface area contributed by atoms with E-state index in [0.717, 1.165) is 36.8 Å². The fourth-order valence-corrected chi connectivity index (χ4v) is 4.50. The molecule has 164 valence electrons. The summed E-state index contributed by atoms with van der Waals surface area (Å²) in [6, 6.07) is 18.6. The van der Waals surface area contributed by atoms with Crippen molar-refractivity contribution >= 4 is 35.6 Å². The molecule has 1 aliphatic rings. The predicted octanol–water partition coefficient (Wildman–Crippen LogP) is 6.92. The third-order valence-electron chi connectivity index (χ3n) is 5.71. The summed E-state index contributed by atoms with van der Waals surface area (Å²) in [5.74, 6) is 0.190. The van der Waals surface area contributed by atoms with Gasteiger partial charge in [-0.25, -0.2) is 0 Å². The monoisotopic (exact) mass is 466 g/mol. The van der Waals surface area contributed by atoms with Crippen LogP contribution in [0.3, 0.4) is 0 Å². The van der Waals surface area contributed by atoms with Gasteiger partial charge in [-0.15, -0.1) is 0 Å². The standard InChI is InChI=1S/C26H24Cl2N2O2/c27-20-13-19(26(32)22(28)14-20)16-30-24-12-5-4-11-23(24)29-15-18-9-6-10-21(25(18)31)17-7-2-1-3-8-17/h1-3,6-10,13-16,23-24,31-32H,4-5,11-12H2/t23-,24-/m1/s1.